The fraction of sp³-hybridized carbons (Fsp3) is 0.200. The Kier molecular flexibility index (Phi) is 3.53. The van der Waals surface area contributed by atoms with E-state index in [0.717, 1.165) is 22.5 Å². The van der Waals surface area contributed by atoms with Crippen LogP contribution < -0.4 is 0 Å². The van der Waals surface area contributed by atoms with Crippen molar-refractivity contribution in [3.63, 3.8) is 0 Å². The third-order valence-corrected chi connectivity index (χ3v) is 4.98. The van der Waals surface area contributed by atoms with Gasteiger partial charge in [0.2, 0.25) is 0 Å². The minimum absolute atomic E-state index is 0.0875. The van der Waals surface area contributed by atoms with Crippen molar-refractivity contribution in [2.24, 2.45) is 0 Å². The summed E-state index contributed by atoms with van der Waals surface area (Å²) in [6, 6.07) is 17.9. The number of nitrogens with zero attached hydrogens (tertiary/aromatic N) is 6. The van der Waals surface area contributed by atoms with E-state index in [0.29, 0.717) is 18.8 Å². The van der Waals surface area contributed by atoms with Crippen molar-refractivity contribution in [2.45, 2.75) is 13.0 Å². The van der Waals surface area contributed by atoms with Gasteiger partial charge in [-0.25, -0.2) is 4.98 Å². The smallest absolute Gasteiger partial charge is 0.276 e. The van der Waals surface area contributed by atoms with Gasteiger partial charge >= 0.3 is 0 Å². The monoisotopic (exact) mass is 358 g/mol. The van der Waals surface area contributed by atoms with Crippen LogP contribution in [0.1, 0.15) is 22.4 Å². The van der Waals surface area contributed by atoms with Crippen molar-refractivity contribution >= 4 is 16.9 Å². The lowest BCUT2D eigenvalue weighted by Crippen LogP contribution is -2.51. The van der Waals surface area contributed by atoms with Gasteiger partial charge in [0.15, 0.2) is 5.69 Å². The Morgan fingerprint density at radius 1 is 1.04 bits per heavy atom. The molecule has 0 N–H and O–H groups in total. The first kappa shape index (κ1) is 15.7. The lowest BCUT2D eigenvalue weighted by atomic mass is 10.1. The number of carbonyl (C=O) groups excluding carboxylic acids is 1. The molecule has 0 atom stereocenters. The van der Waals surface area contributed by atoms with Crippen LogP contribution in [0.2, 0.25) is 0 Å². The molecular weight excluding hydrogens is 340 g/mol. The van der Waals surface area contributed by atoms with E-state index in [1.165, 1.54) is 11.0 Å². The van der Waals surface area contributed by atoms with E-state index < -0.39 is 0 Å². The summed E-state index contributed by atoms with van der Waals surface area (Å²) >= 11 is 0. The summed E-state index contributed by atoms with van der Waals surface area (Å²) in [6.45, 7) is 3.31. The van der Waals surface area contributed by atoms with E-state index in [9.17, 15) is 4.79 Å². The molecule has 0 aliphatic carbocycles. The first-order valence-corrected chi connectivity index (χ1v) is 8.91. The van der Waals surface area contributed by atoms with E-state index in [1.807, 2.05) is 55.5 Å². The molecular formula is C20H18N6O. The number of rotatable bonds is 3. The zero-order valence-corrected chi connectivity index (χ0v) is 14.9. The Bertz CT molecular complexity index is 1120. The Morgan fingerprint density at radius 2 is 1.78 bits per heavy atom. The predicted octanol–water partition coefficient (Wildman–Crippen LogP) is 2.62. The summed E-state index contributed by atoms with van der Waals surface area (Å²) in [6.07, 6.45) is 1.53. The Balaban J connectivity index is 1.33. The van der Waals surface area contributed by atoms with Crippen LogP contribution in [0.15, 0.2) is 60.8 Å². The highest BCUT2D eigenvalue weighted by Crippen LogP contribution is 2.28. The van der Waals surface area contributed by atoms with Gasteiger partial charge in [-0.05, 0) is 31.2 Å². The van der Waals surface area contributed by atoms with Gasteiger partial charge in [-0.15, -0.1) is 5.10 Å². The maximum absolute atomic E-state index is 12.7. The van der Waals surface area contributed by atoms with E-state index in [4.69, 9.17) is 0 Å². The quantitative estimate of drug-likeness (QED) is 0.565. The van der Waals surface area contributed by atoms with Crippen LogP contribution in [-0.4, -0.2) is 48.4 Å². The molecule has 2 aromatic heterocycles. The number of amides is 1. The van der Waals surface area contributed by atoms with Crippen molar-refractivity contribution in [1.82, 2.24) is 29.4 Å². The van der Waals surface area contributed by atoms with Crippen molar-refractivity contribution < 1.29 is 4.79 Å². The predicted molar refractivity (Wildman–Crippen MR) is 101 cm³/mol. The third kappa shape index (κ3) is 2.59. The van der Waals surface area contributed by atoms with Gasteiger partial charge in [-0.3, -0.25) is 4.79 Å². The van der Waals surface area contributed by atoms with Crippen LogP contribution in [-0.2, 0) is 0 Å². The number of likely N-dealkylation sites (tertiary alicyclic amines) is 1. The SMILES string of the molecule is Cc1nc2ccccc2n1C1CN(C(=O)c2cnn(-c3ccccc3)n2)C1. The van der Waals surface area contributed by atoms with E-state index in [-0.39, 0.29) is 11.9 Å². The van der Waals surface area contributed by atoms with Gasteiger partial charge < -0.3 is 9.47 Å². The van der Waals surface area contributed by atoms with Crippen molar-refractivity contribution in [3.8, 4) is 5.69 Å². The second-order valence-corrected chi connectivity index (χ2v) is 6.74. The Labute approximate surface area is 155 Å². The molecule has 1 saturated heterocycles. The average molecular weight is 358 g/mol. The maximum Gasteiger partial charge on any atom is 0.276 e. The molecule has 2 aromatic carbocycles. The summed E-state index contributed by atoms with van der Waals surface area (Å²) in [4.78, 5) is 20.6. The summed E-state index contributed by atoms with van der Waals surface area (Å²) in [5.41, 5.74) is 3.30. The van der Waals surface area contributed by atoms with Crippen LogP contribution in [0.3, 0.4) is 0 Å². The number of aromatic nitrogens is 5. The van der Waals surface area contributed by atoms with Crippen LogP contribution in [0.4, 0.5) is 0 Å². The lowest BCUT2D eigenvalue weighted by Gasteiger charge is -2.40. The van der Waals surface area contributed by atoms with Gasteiger partial charge in [0.1, 0.15) is 5.82 Å². The van der Waals surface area contributed by atoms with E-state index in [1.54, 1.807) is 4.90 Å². The van der Waals surface area contributed by atoms with Crippen LogP contribution in [0, 0.1) is 6.92 Å². The normalized spacial score (nSPS) is 14.5. The molecule has 1 aliphatic rings. The number of fused-ring (bicyclic) bond motifs is 1. The maximum atomic E-state index is 12.7. The minimum Gasteiger partial charge on any atom is -0.333 e. The first-order valence-electron chi connectivity index (χ1n) is 8.91. The molecule has 3 heterocycles. The second kappa shape index (κ2) is 6.05. The molecule has 4 aromatic rings. The fourth-order valence-electron chi connectivity index (χ4n) is 3.62. The summed E-state index contributed by atoms with van der Waals surface area (Å²) in [7, 11) is 0. The molecule has 1 amide bonds. The molecule has 134 valence electrons. The van der Waals surface area contributed by atoms with Crippen LogP contribution >= 0.6 is 0 Å². The number of aryl methyl sites for hydroxylation is 1. The molecule has 0 bridgehead atoms. The third-order valence-electron chi connectivity index (χ3n) is 4.98. The molecule has 0 saturated carbocycles. The average Bonchev–Trinajstić information content (AvgIpc) is 3.27. The van der Waals surface area contributed by atoms with E-state index in [2.05, 4.69) is 25.8 Å². The van der Waals surface area contributed by atoms with Gasteiger partial charge in [0, 0.05) is 13.1 Å². The van der Waals surface area contributed by atoms with Crippen LogP contribution in [0.25, 0.3) is 16.7 Å². The number of hydrogen-bond donors (Lipinski definition) is 0. The van der Waals surface area contributed by atoms with E-state index >= 15 is 0 Å². The Morgan fingerprint density at radius 3 is 2.59 bits per heavy atom. The largest absolute Gasteiger partial charge is 0.333 e. The molecule has 7 heteroatoms. The molecule has 5 rings (SSSR count). The van der Waals surface area contributed by atoms with Gasteiger partial charge in [-0.2, -0.15) is 9.90 Å². The summed E-state index contributed by atoms with van der Waals surface area (Å²) in [5, 5.41) is 8.55. The standard InChI is InChI=1S/C20H18N6O/c1-14-22-17-9-5-6-10-19(17)25(14)16-12-24(13-16)20(27)18-11-21-26(23-18)15-7-3-2-4-8-15/h2-11,16H,12-13H2,1H3. The highest BCUT2D eigenvalue weighted by Gasteiger charge is 2.35. The molecule has 27 heavy (non-hydrogen) atoms. The number of imidazole rings is 1. The van der Waals surface area contributed by atoms with Crippen molar-refractivity contribution in [2.75, 3.05) is 13.1 Å². The summed E-state index contributed by atoms with van der Waals surface area (Å²) < 4.78 is 2.22. The second-order valence-electron chi connectivity index (χ2n) is 6.74. The first-order chi connectivity index (χ1) is 13.2. The molecule has 1 aliphatic heterocycles. The molecule has 0 radical (unpaired) electrons. The Hall–Kier alpha value is -3.48. The molecule has 1 fully saturated rings. The summed E-state index contributed by atoms with van der Waals surface area (Å²) in [5.74, 6) is 0.888. The van der Waals surface area contributed by atoms with Gasteiger partial charge in [-0.1, -0.05) is 30.3 Å². The molecule has 7 nitrogen and oxygen atoms in total. The number of para-hydroxylation sites is 3. The van der Waals surface area contributed by atoms with Gasteiger partial charge in [0.25, 0.3) is 5.91 Å². The highest BCUT2D eigenvalue weighted by molar-refractivity contribution is 5.92. The number of hydrogen-bond acceptors (Lipinski definition) is 4. The molecule has 0 spiro atoms. The highest BCUT2D eigenvalue weighted by atomic mass is 16.2. The number of benzene rings is 2. The van der Waals surface area contributed by atoms with Gasteiger partial charge in [0.05, 0.1) is 29.0 Å². The topological polar surface area (TPSA) is 68.8 Å². The fourth-order valence-corrected chi connectivity index (χ4v) is 3.62. The molecule has 0 unspecified atom stereocenters. The van der Waals surface area contributed by atoms with Crippen molar-refractivity contribution in [1.29, 1.82) is 0 Å². The zero-order chi connectivity index (χ0) is 18.4. The lowest BCUT2D eigenvalue weighted by molar-refractivity contribution is 0.0516. The van der Waals surface area contributed by atoms with Crippen molar-refractivity contribution in [3.05, 3.63) is 72.3 Å². The zero-order valence-electron chi connectivity index (χ0n) is 14.9. The van der Waals surface area contributed by atoms with Crippen LogP contribution in [0.5, 0.6) is 0 Å². The minimum atomic E-state index is -0.0875. The number of carbonyl (C=O) groups is 1.